The molecule has 0 aliphatic carbocycles. The van der Waals surface area contributed by atoms with Gasteiger partial charge in [-0.3, -0.25) is 4.79 Å². The summed E-state index contributed by atoms with van der Waals surface area (Å²) in [5, 5.41) is 16.2. The molecule has 3 rings (SSSR count). The van der Waals surface area contributed by atoms with Gasteiger partial charge in [-0.25, -0.2) is 9.97 Å². The lowest BCUT2D eigenvalue weighted by Gasteiger charge is -2.14. The first-order chi connectivity index (χ1) is 13.5. The molecule has 146 valence electrons. The van der Waals surface area contributed by atoms with E-state index in [1.165, 1.54) is 11.8 Å². The molecular weight excluding hydrogens is 370 g/mol. The molecule has 0 aliphatic heterocycles. The van der Waals surface area contributed by atoms with Gasteiger partial charge in [0.25, 0.3) is 0 Å². The van der Waals surface area contributed by atoms with Crippen LogP contribution in [0.1, 0.15) is 35.0 Å². The van der Waals surface area contributed by atoms with Gasteiger partial charge in [0.1, 0.15) is 0 Å². The van der Waals surface area contributed by atoms with E-state index >= 15 is 0 Å². The van der Waals surface area contributed by atoms with E-state index in [-0.39, 0.29) is 12.5 Å². The third-order valence-electron chi connectivity index (χ3n) is 4.84. The quantitative estimate of drug-likeness (QED) is 0.471. The predicted molar refractivity (Wildman–Crippen MR) is 114 cm³/mol. The highest BCUT2D eigenvalue weighted by Gasteiger charge is 2.13. The van der Waals surface area contributed by atoms with E-state index < -0.39 is 6.10 Å². The van der Waals surface area contributed by atoms with Crippen LogP contribution in [-0.2, 0) is 11.2 Å². The Morgan fingerprint density at radius 3 is 2.46 bits per heavy atom. The van der Waals surface area contributed by atoms with E-state index in [2.05, 4.69) is 15.3 Å². The van der Waals surface area contributed by atoms with Crippen molar-refractivity contribution in [3.63, 3.8) is 0 Å². The van der Waals surface area contributed by atoms with Crippen LogP contribution in [0.25, 0.3) is 10.8 Å². The molecule has 6 heteroatoms. The van der Waals surface area contributed by atoms with Crippen LogP contribution in [0.2, 0.25) is 0 Å². The van der Waals surface area contributed by atoms with Crippen molar-refractivity contribution in [2.45, 2.75) is 37.9 Å². The van der Waals surface area contributed by atoms with Crippen molar-refractivity contribution in [2.24, 2.45) is 0 Å². The summed E-state index contributed by atoms with van der Waals surface area (Å²) in [6, 6.07) is 13.9. The molecule has 0 bridgehead atoms. The number of aliphatic hydroxyl groups is 1. The average Bonchev–Trinajstić information content (AvgIpc) is 2.70. The number of aliphatic hydroxyl groups excluding tert-OH is 1. The third kappa shape index (κ3) is 4.88. The Bertz CT molecular complexity index is 967. The molecule has 1 amide bonds. The second-order valence-corrected chi connectivity index (χ2v) is 7.56. The molecule has 1 heterocycles. The molecule has 0 saturated heterocycles. The van der Waals surface area contributed by atoms with Crippen molar-refractivity contribution in [1.82, 2.24) is 15.3 Å². The fourth-order valence-electron chi connectivity index (χ4n) is 3.23. The maximum atomic E-state index is 12.2. The van der Waals surface area contributed by atoms with Gasteiger partial charge in [0.2, 0.25) is 5.91 Å². The van der Waals surface area contributed by atoms with E-state index in [0.717, 1.165) is 38.4 Å². The Morgan fingerprint density at radius 1 is 1.11 bits per heavy atom. The molecule has 1 atom stereocenters. The van der Waals surface area contributed by atoms with Crippen molar-refractivity contribution in [3.05, 3.63) is 65.0 Å². The molecule has 0 saturated carbocycles. The van der Waals surface area contributed by atoms with Crippen LogP contribution in [0.5, 0.6) is 0 Å². The summed E-state index contributed by atoms with van der Waals surface area (Å²) in [6.07, 6.45) is 2.14. The van der Waals surface area contributed by atoms with Crippen molar-refractivity contribution >= 4 is 28.4 Å². The summed E-state index contributed by atoms with van der Waals surface area (Å²) < 4.78 is 0. The third-order valence-corrected chi connectivity index (χ3v) is 5.38. The lowest BCUT2D eigenvalue weighted by Crippen LogP contribution is -2.28. The number of benzene rings is 2. The number of thioether (sulfide) groups is 1. The molecule has 0 radical (unpaired) electrons. The van der Waals surface area contributed by atoms with E-state index in [9.17, 15) is 9.90 Å². The number of amides is 1. The Labute approximate surface area is 169 Å². The summed E-state index contributed by atoms with van der Waals surface area (Å²) in [4.78, 5) is 21.1. The highest BCUT2D eigenvalue weighted by atomic mass is 32.2. The van der Waals surface area contributed by atoms with Crippen LogP contribution in [0.15, 0.2) is 47.6 Å². The van der Waals surface area contributed by atoms with E-state index in [4.69, 9.17) is 0 Å². The fraction of sp³-hybridized carbons (Fsp3) is 0.318. The standard InChI is InChI=1S/C22H25N3O2S/c1-14-19(15(2)25-22(24-14)28-3)10-11-21(27)23-13-20(26)18-9-8-16-6-4-5-7-17(16)12-18/h4-9,12,20,26H,10-11,13H2,1-3H3,(H,23,27). The number of rotatable bonds is 7. The average molecular weight is 396 g/mol. The molecule has 1 unspecified atom stereocenters. The Balaban J connectivity index is 1.55. The number of hydrogen-bond acceptors (Lipinski definition) is 5. The largest absolute Gasteiger partial charge is 0.387 e. The number of fused-ring (bicyclic) bond motifs is 1. The van der Waals surface area contributed by atoms with Gasteiger partial charge in [-0.15, -0.1) is 0 Å². The summed E-state index contributed by atoms with van der Waals surface area (Å²) in [7, 11) is 0. The number of aromatic nitrogens is 2. The van der Waals surface area contributed by atoms with Crippen LogP contribution >= 0.6 is 11.8 Å². The van der Waals surface area contributed by atoms with Crippen LogP contribution in [-0.4, -0.2) is 33.8 Å². The summed E-state index contributed by atoms with van der Waals surface area (Å²) in [5.74, 6) is -0.0902. The van der Waals surface area contributed by atoms with Gasteiger partial charge in [-0.05, 0) is 54.5 Å². The molecule has 1 aromatic heterocycles. The van der Waals surface area contributed by atoms with E-state index in [1.54, 1.807) is 0 Å². The topological polar surface area (TPSA) is 75.1 Å². The number of carbonyl (C=O) groups excluding carboxylic acids is 1. The molecule has 28 heavy (non-hydrogen) atoms. The second kappa shape index (κ2) is 9.17. The highest BCUT2D eigenvalue weighted by molar-refractivity contribution is 7.98. The van der Waals surface area contributed by atoms with Gasteiger partial charge in [0, 0.05) is 24.4 Å². The first-order valence-electron chi connectivity index (χ1n) is 9.29. The molecule has 0 fully saturated rings. The number of hydrogen-bond donors (Lipinski definition) is 2. The molecule has 5 nitrogen and oxygen atoms in total. The lowest BCUT2D eigenvalue weighted by atomic mass is 10.0. The highest BCUT2D eigenvalue weighted by Crippen LogP contribution is 2.20. The zero-order valence-electron chi connectivity index (χ0n) is 16.4. The zero-order valence-corrected chi connectivity index (χ0v) is 17.2. The number of nitrogens with one attached hydrogen (secondary N) is 1. The second-order valence-electron chi connectivity index (χ2n) is 6.79. The SMILES string of the molecule is CSc1nc(C)c(CCC(=O)NCC(O)c2ccc3ccccc3c2)c(C)n1. The van der Waals surface area contributed by atoms with E-state index in [1.807, 2.05) is 62.6 Å². The monoisotopic (exact) mass is 395 g/mol. The lowest BCUT2D eigenvalue weighted by molar-refractivity contribution is -0.121. The maximum Gasteiger partial charge on any atom is 0.220 e. The smallest absolute Gasteiger partial charge is 0.220 e. The number of nitrogens with zero attached hydrogens (tertiary/aromatic N) is 2. The summed E-state index contributed by atoms with van der Waals surface area (Å²) in [6.45, 7) is 4.09. The molecule has 3 aromatic rings. The minimum Gasteiger partial charge on any atom is -0.387 e. The normalized spacial score (nSPS) is 12.1. The summed E-state index contributed by atoms with van der Waals surface area (Å²) >= 11 is 1.51. The first kappa shape index (κ1) is 20.3. The van der Waals surface area contributed by atoms with Crippen molar-refractivity contribution in [3.8, 4) is 0 Å². The van der Waals surface area contributed by atoms with Gasteiger partial charge in [-0.1, -0.05) is 48.2 Å². The number of carbonyl (C=O) groups is 1. The Kier molecular flexibility index (Phi) is 6.65. The summed E-state index contributed by atoms with van der Waals surface area (Å²) in [5.41, 5.74) is 3.65. The fourth-order valence-corrected chi connectivity index (χ4v) is 3.69. The minimum atomic E-state index is -0.735. The van der Waals surface area contributed by atoms with Crippen LogP contribution in [0.3, 0.4) is 0 Å². The minimum absolute atomic E-state index is 0.0902. The molecule has 2 aromatic carbocycles. The van der Waals surface area contributed by atoms with Gasteiger partial charge in [0.15, 0.2) is 5.16 Å². The first-order valence-corrected chi connectivity index (χ1v) is 10.5. The van der Waals surface area contributed by atoms with Crippen LogP contribution < -0.4 is 5.32 Å². The number of aryl methyl sites for hydroxylation is 2. The van der Waals surface area contributed by atoms with Gasteiger partial charge in [0.05, 0.1) is 6.10 Å². The Morgan fingerprint density at radius 2 is 1.79 bits per heavy atom. The van der Waals surface area contributed by atoms with Crippen LogP contribution in [0.4, 0.5) is 0 Å². The zero-order chi connectivity index (χ0) is 20.1. The van der Waals surface area contributed by atoms with Crippen molar-refractivity contribution < 1.29 is 9.90 Å². The molecular formula is C22H25N3O2S. The molecule has 2 N–H and O–H groups in total. The molecule has 0 aliphatic rings. The van der Waals surface area contributed by atoms with E-state index in [0.29, 0.717) is 12.8 Å². The van der Waals surface area contributed by atoms with Crippen LogP contribution in [0, 0.1) is 13.8 Å². The van der Waals surface area contributed by atoms with Crippen molar-refractivity contribution in [1.29, 1.82) is 0 Å². The van der Waals surface area contributed by atoms with Crippen molar-refractivity contribution in [2.75, 3.05) is 12.8 Å². The van der Waals surface area contributed by atoms with Gasteiger partial charge < -0.3 is 10.4 Å². The Hall–Kier alpha value is -2.44. The van der Waals surface area contributed by atoms with Gasteiger partial charge >= 0.3 is 0 Å². The van der Waals surface area contributed by atoms with Gasteiger partial charge in [-0.2, -0.15) is 0 Å². The predicted octanol–water partition coefficient (Wildman–Crippen LogP) is 3.75. The molecule has 0 spiro atoms. The maximum absolute atomic E-state index is 12.2.